The molecule has 1 heterocycles. The first-order chi connectivity index (χ1) is 13.0. The number of nitrogens with one attached hydrogen (secondary N) is 1. The van der Waals surface area contributed by atoms with Crippen LogP contribution in [0.5, 0.6) is 5.75 Å². The molecule has 27 heavy (non-hydrogen) atoms. The number of hydroxylamine groups is 1. The van der Waals surface area contributed by atoms with Crippen molar-refractivity contribution < 1.29 is 9.57 Å². The average molecular weight is 405 g/mol. The lowest BCUT2D eigenvalue weighted by Crippen LogP contribution is -2.25. The van der Waals surface area contributed by atoms with Gasteiger partial charge in [-0.15, -0.1) is 0 Å². The molecule has 2 aliphatic rings. The summed E-state index contributed by atoms with van der Waals surface area (Å²) in [5, 5.41) is 0.980. The molecule has 1 aliphatic carbocycles. The predicted octanol–water partition coefficient (Wildman–Crippen LogP) is 4.87. The zero-order valence-electron chi connectivity index (χ0n) is 15.4. The Labute approximate surface area is 169 Å². The molecule has 0 spiro atoms. The summed E-state index contributed by atoms with van der Waals surface area (Å²) in [6, 6.07) is 13.9. The summed E-state index contributed by atoms with van der Waals surface area (Å²) in [7, 11) is 4.10. The topological polar surface area (TPSA) is 33.7 Å². The van der Waals surface area contributed by atoms with E-state index < -0.39 is 5.60 Å². The summed E-state index contributed by atoms with van der Waals surface area (Å²) < 4.78 is 6.40. The Kier molecular flexibility index (Phi) is 5.08. The highest BCUT2D eigenvalue weighted by Gasteiger charge is 2.58. The smallest absolute Gasteiger partial charge is 0.162 e. The fourth-order valence-electron chi connectivity index (χ4n) is 3.49. The van der Waals surface area contributed by atoms with Gasteiger partial charge in [-0.05, 0) is 33.1 Å². The van der Waals surface area contributed by atoms with E-state index in [1.807, 2.05) is 24.3 Å². The molecule has 0 saturated heterocycles. The summed E-state index contributed by atoms with van der Waals surface area (Å²) in [6.45, 7) is 1.59. The van der Waals surface area contributed by atoms with E-state index in [9.17, 15) is 0 Å². The number of halogens is 2. The quantitative estimate of drug-likeness (QED) is 0.527. The third-order valence-corrected chi connectivity index (χ3v) is 5.65. The molecule has 0 aromatic heterocycles. The zero-order valence-corrected chi connectivity index (χ0v) is 16.9. The molecule has 2 aromatic rings. The van der Waals surface area contributed by atoms with Gasteiger partial charge in [0.1, 0.15) is 5.75 Å². The van der Waals surface area contributed by atoms with Crippen molar-refractivity contribution in [2.24, 2.45) is 0 Å². The van der Waals surface area contributed by atoms with Gasteiger partial charge in [0.15, 0.2) is 5.60 Å². The van der Waals surface area contributed by atoms with E-state index >= 15 is 0 Å². The fourth-order valence-corrected chi connectivity index (χ4v) is 3.80. The Morgan fingerprint density at radius 2 is 1.89 bits per heavy atom. The molecule has 1 saturated carbocycles. The zero-order chi connectivity index (χ0) is 19.0. The van der Waals surface area contributed by atoms with Gasteiger partial charge >= 0.3 is 0 Å². The maximum Gasteiger partial charge on any atom is 0.162 e. The van der Waals surface area contributed by atoms with E-state index in [2.05, 4.69) is 36.6 Å². The molecule has 6 heteroatoms. The molecule has 0 radical (unpaired) electrons. The van der Waals surface area contributed by atoms with Crippen LogP contribution in [0.4, 0.5) is 0 Å². The largest absolute Gasteiger partial charge is 0.477 e. The molecule has 1 N–H and O–H groups in total. The van der Waals surface area contributed by atoms with E-state index in [-0.39, 0.29) is 0 Å². The highest BCUT2D eigenvalue weighted by molar-refractivity contribution is 6.42. The Balaban J connectivity index is 1.63. The van der Waals surface area contributed by atoms with Crippen LogP contribution in [0.2, 0.25) is 10.0 Å². The number of benzene rings is 2. The Morgan fingerprint density at radius 3 is 2.63 bits per heavy atom. The number of nitrogens with zero attached hydrogens (tertiary/aromatic N) is 1. The lowest BCUT2D eigenvalue weighted by atomic mass is 10.0. The van der Waals surface area contributed by atoms with Crippen molar-refractivity contribution in [1.82, 2.24) is 10.4 Å². The standard InChI is InChI=1S/C21H22Cl2N2O2/c1-25(2)9-6-10-26-24-20-15-11-17(22)18(23)12-19(15)27-21(13-16(20)21)14-7-4-3-5-8-14/h3-5,7-8,11-12,24H,6,9-10,13H2,1-2H3. The minimum atomic E-state index is -0.444. The molecule has 1 fully saturated rings. The molecule has 4 nitrogen and oxygen atoms in total. The lowest BCUT2D eigenvalue weighted by Gasteiger charge is -2.27. The molecule has 0 amide bonds. The fraction of sp³-hybridized carbons (Fsp3) is 0.333. The van der Waals surface area contributed by atoms with Crippen LogP contribution in [-0.4, -0.2) is 32.1 Å². The van der Waals surface area contributed by atoms with E-state index in [1.165, 1.54) is 5.57 Å². The van der Waals surface area contributed by atoms with Crippen molar-refractivity contribution in [3.8, 4) is 5.75 Å². The normalized spacial score (nSPS) is 20.2. The monoisotopic (exact) mass is 404 g/mol. The van der Waals surface area contributed by atoms with Crippen LogP contribution >= 0.6 is 23.2 Å². The van der Waals surface area contributed by atoms with Crippen molar-refractivity contribution in [2.75, 3.05) is 27.2 Å². The highest BCUT2D eigenvalue weighted by atomic mass is 35.5. The molecule has 0 bridgehead atoms. The third-order valence-electron chi connectivity index (χ3n) is 4.93. The molecule has 1 aliphatic heterocycles. The maximum atomic E-state index is 6.40. The van der Waals surface area contributed by atoms with Crippen LogP contribution in [0, 0.1) is 0 Å². The van der Waals surface area contributed by atoms with Gasteiger partial charge in [-0.2, -0.15) is 0 Å². The van der Waals surface area contributed by atoms with Gasteiger partial charge < -0.3 is 9.64 Å². The van der Waals surface area contributed by atoms with Crippen molar-refractivity contribution >= 4 is 28.9 Å². The second-order valence-electron chi connectivity index (χ2n) is 7.20. The molecule has 142 valence electrons. The van der Waals surface area contributed by atoms with Gasteiger partial charge in [-0.3, -0.25) is 10.3 Å². The van der Waals surface area contributed by atoms with Gasteiger partial charge in [-0.25, -0.2) is 0 Å². The maximum absolute atomic E-state index is 6.40. The van der Waals surface area contributed by atoms with Crippen molar-refractivity contribution in [2.45, 2.75) is 18.4 Å². The number of hydrogen-bond donors (Lipinski definition) is 1. The van der Waals surface area contributed by atoms with Gasteiger partial charge in [0, 0.05) is 29.2 Å². The summed E-state index contributed by atoms with van der Waals surface area (Å²) in [5.74, 6) is 0.717. The van der Waals surface area contributed by atoms with Gasteiger partial charge in [0.05, 0.1) is 22.3 Å². The predicted molar refractivity (Wildman–Crippen MR) is 109 cm³/mol. The van der Waals surface area contributed by atoms with Crippen LogP contribution in [0.3, 0.4) is 0 Å². The van der Waals surface area contributed by atoms with Crippen LogP contribution < -0.4 is 10.2 Å². The van der Waals surface area contributed by atoms with Crippen LogP contribution in [0.1, 0.15) is 24.0 Å². The van der Waals surface area contributed by atoms with Gasteiger partial charge in [-0.1, -0.05) is 53.5 Å². The molecule has 2 aromatic carbocycles. The third kappa shape index (κ3) is 3.55. The minimum Gasteiger partial charge on any atom is -0.477 e. The number of rotatable bonds is 7. The number of fused-ring (bicyclic) bond motifs is 2. The number of ether oxygens (including phenoxy) is 1. The summed E-state index contributed by atoms with van der Waals surface area (Å²) >= 11 is 12.5. The lowest BCUT2D eigenvalue weighted by molar-refractivity contribution is 0.0708. The second-order valence-corrected chi connectivity index (χ2v) is 8.01. The highest BCUT2D eigenvalue weighted by Crippen LogP contribution is 2.61. The first kappa shape index (κ1) is 18.6. The Hall–Kier alpha value is -1.72. The Bertz CT molecular complexity index is 883. The first-order valence-corrected chi connectivity index (χ1v) is 9.77. The molecular formula is C21H22Cl2N2O2. The van der Waals surface area contributed by atoms with Crippen molar-refractivity contribution in [3.05, 3.63) is 69.2 Å². The molecule has 4 rings (SSSR count). The van der Waals surface area contributed by atoms with E-state index in [4.69, 9.17) is 32.8 Å². The number of hydrogen-bond acceptors (Lipinski definition) is 4. The minimum absolute atomic E-state index is 0.444. The first-order valence-electron chi connectivity index (χ1n) is 9.01. The van der Waals surface area contributed by atoms with Crippen LogP contribution in [-0.2, 0) is 10.4 Å². The van der Waals surface area contributed by atoms with E-state index in [0.717, 1.165) is 36.2 Å². The van der Waals surface area contributed by atoms with E-state index in [0.29, 0.717) is 22.4 Å². The molecule has 1 unspecified atom stereocenters. The van der Waals surface area contributed by atoms with Crippen LogP contribution in [0.15, 0.2) is 48.0 Å². The molecular weight excluding hydrogens is 383 g/mol. The van der Waals surface area contributed by atoms with Crippen molar-refractivity contribution in [1.29, 1.82) is 0 Å². The summed E-state index contributed by atoms with van der Waals surface area (Å²) in [6.07, 6.45) is 1.75. The Morgan fingerprint density at radius 1 is 1.15 bits per heavy atom. The summed E-state index contributed by atoms with van der Waals surface area (Å²) in [4.78, 5) is 7.90. The van der Waals surface area contributed by atoms with Crippen LogP contribution in [0.25, 0.3) is 5.70 Å². The van der Waals surface area contributed by atoms with Gasteiger partial charge in [0.25, 0.3) is 0 Å². The van der Waals surface area contributed by atoms with Crippen molar-refractivity contribution in [3.63, 3.8) is 0 Å². The average Bonchev–Trinajstić information content (AvgIpc) is 3.38. The second kappa shape index (κ2) is 7.36. The molecule has 1 atom stereocenters. The summed E-state index contributed by atoms with van der Waals surface area (Å²) in [5.41, 5.74) is 6.84. The SMILES string of the molecule is CN(C)CCCONC1=C2CC2(c2ccccc2)Oc2cc(Cl)c(Cl)cc21. The van der Waals surface area contributed by atoms with E-state index in [1.54, 1.807) is 6.07 Å². The van der Waals surface area contributed by atoms with Gasteiger partial charge in [0.2, 0.25) is 0 Å².